The lowest BCUT2D eigenvalue weighted by Gasteiger charge is -2.29. The van der Waals surface area contributed by atoms with Gasteiger partial charge in [0.15, 0.2) is 5.76 Å². The van der Waals surface area contributed by atoms with E-state index in [1.54, 1.807) is 35.0 Å². The molecule has 0 radical (unpaired) electrons. The molecule has 0 saturated heterocycles. The number of ether oxygens (including phenoxy) is 2. The van der Waals surface area contributed by atoms with E-state index in [0.717, 1.165) is 22.5 Å². The Morgan fingerprint density at radius 2 is 1.73 bits per heavy atom. The topological polar surface area (TPSA) is 121 Å². The molecule has 9 nitrogen and oxygen atoms in total. The van der Waals surface area contributed by atoms with E-state index in [2.05, 4.69) is 5.32 Å². The van der Waals surface area contributed by atoms with Gasteiger partial charge in [-0.15, -0.1) is 0 Å². The number of rotatable bonds is 8. The van der Waals surface area contributed by atoms with Gasteiger partial charge in [0.2, 0.25) is 6.29 Å². The van der Waals surface area contributed by atoms with Crippen LogP contribution in [0.2, 0.25) is 0 Å². The molecule has 0 spiro atoms. The van der Waals surface area contributed by atoms with Crippen LogP contribution in [-0.4, -0.2) is 26.7 Å². The lowest BCUT2D eigenvalue weighted by atomic mass is 9.93. The van der Waals surface area contributed by atoms with E-state index < -0.39 is 18.1 Å². The van der Waals surface area contributed by atoms with Crippen LogP contribution >= 0.6 is 0 Å². The van der Waals surface area contributed by atoms with Gasteiger partial charge in [-0.25, -0.2) is 4.68 Å². The van der Waals surface area contributed by atoms with E-state index >= 15 is 0 Å². The monoisotopic (exact) mass is 540 g/mol. The van der Waals surface area contributed by atoms with Gasteiger partial charge in [0.25, 0.3) is 11.5 Å². The molecule has 40 heavy (non-hydrogen) atoms. The lowest BCUT2D eigenvalue weighted by molar-refractivity contribution is -0.147. The number of amides is 1. The third-order valence-corrected chi connectivity index (χ3v) is 7.10. The third kappa shape index (κ3) is 5.56. The Labute approximate surface area is 232 Å². The van der Waals surface area contributed by atoms with Gasteiger partial charge in [-0.1, -0.05) is 54.6 Å². The smallest absolute Gasteiger partial charge is 0.290 e. The van der Waals surface area contributed by atoms with Crippen molar-refractivity contribution >= 4 is 17.3 Å². The standard InChI is InChI=1S/C31H32N4O5/c1-20-29(31(38)35(34(20)2)24-8-4-3-5-9-24)23-16-27(30(37)33-26-11-7-6-10-25(26)32)40-28(17-23)39-19-22-14-12-21(18-36)13-15-22/h3-16,23,28,36H,17-19,32H2,1-2H3,(H,33,37)/t23-,28+/m0/s1. The predicted octanol–water partition coefficient (Wildman–Crippen LogP) is 4.13. The molecule has 0 unspecified atom stereocenters. The van der Waals surface area contributed by atoms with E-state index in [0.29, 0.717) is 23.4 Å². The number of hydrogen-bond donors (Lipinski definition) is 3. The van der Waals surface area contributed by atoms with Crippen LogP contribution in [-0.2, 0) is 34.5 Å². The highest BCUT2D eigenvalue weighted by Crippen LogP contribution is 2.33. The maximum atomic E-state index is 13.8. The van der Waals surface area contributed by atoms with Crippen molar-refractivity contribution in [1.82, 2.24) is 9.36 Å². The lowest BCUT2D eigenvalue weighted by Crippen LogP contribution is -2.31. The number of aromatic nitrogens is 2. The van der Waals surface area contributed by atoms with Gasteiger partial charge in [0, 0.05) is 30.6 Å². The maximum Gasteiger partial charge on any atom is 0.290 e. The molecule has 1 amide bonds. The minimum Gasteiger partial charge on any atom is -0.459 e. The van der Waals surface area contributed by atoms with E-state index in [1.807, 2.05) is 73.3 Å². The van der Waals surface area contributed by atoms with Gasteiger partial charge >= 0.3 is 0 Å². The molecule has 206 valence electrons. The van der Waals surface area contributed by atoms with Crippen LogP contribution in [0.25, 0.3) is 5.69 Å². The van der Waals surface area contributed by atoms with Crippen molar-refractivity contribution in [2.45, 2.75) is 38.8 Å². The first-order valence-electron chi connectivity index (χ1n) is 13.0. The van der Waals surface area contributed by atoms with E-state index in [1.165, 1.54) is 0 Å². The average molecular weight is 541 g/mol. The number of carbonyl (C=O) groups excluding carboxylic acids is 1. The summed E-state index contributed by atoms with van der Waals surface area (Å²) in [5.41, 5.74) is 10.5. The molecule has 2 atom stereocenters. The number of nitrogens with one attached hydrogen (secondary N) is 1. The van der Waals surface area contributed by atoms with Crippen molar-refractivity contribution < 1.29 is 19.4 Å². The Hall–Kier alpha value is -4.60. The van der Waals surface area contributed by atoms with Crippen LogP contribution in [0.1, 0.15) is 34.7 Å². The molecule has 5 rings (SSSR count). The Morgan fingerprint density at radius 3 is 2.42 bits per heavy atom. The second-order valence-corrected chi connectivity index (χ2v) is 9.72. The molecule has 4 N–H and O–H groups in total. The Morgan fingerprint density at radius 1 is 1.05 bits per heavy atom. The number of allylic oxidation sites excluding steroid dienone is 1. The fourth-order valence-electron chi connectivity index (χ4n) is 4.86. The summed E-state index contributed by atoms with van der Waals surface area (Å²) in [4.78, 5) is 27.1. The first kappa shape index (κ1) is 27.0. The molecular weight excluding hydrogens is 508 g/mol. The number of nitrogens with zero attached hydrogens (tertiary/aromatic N) is 2. The maximum absolute atomic E-state index is 13.8. The Bertz CT molecular complexity index is 1590. The highest BCUT2D eigenvalue weighted by atomic mass is 16.7. The van der Waals surface area contributed by atoms with Gasteiger partial charge in [0.1, 0.15) is 0 Å². The summed E-state index contributed by atoms with van der Waals surface area (Å²) in [6.45, 7) is 2.08. The molecule has 1 aromatic heterocycles. The summed E-state index contributed by atoms with van der Waals surface area (Å²) in [7, 11) is 1.84. The zero-order chi connectivity index (χ0) is 28.2. The van der Waals surface area contributed by atoms with Crippen LogP contribution in [0, 0.1) is 6.92 Å². The molecule has 1 aliphatic heterocycles. The molecule has 2 heterocycles. The van der Waals surface area contributed by atoms with Gasteiger partial charge in [-0.05, 0) is 48.4 Å². The minimum atomic E-state index is -0.787. The SMILES string of the molecule is Cc1c([C@H]2C=C(C(=O)Nc3ccccc3N)O[C@@H](OCc3ccc(CO)cc3)C2)c(=O)n(-c2ccccc2)n1C. The van der Waals surface area contributed by atoms with Crippen molar-refractivity contribution in [3.8, 4) is 5.69 Å². The number of benzene rings is 3. The van der Waals surface area contributed by atoms with Crippen LogP contribution in [0.15, 0.2) is 95.5 Å². The molecule has 0 aliphatic carbocycles. The molecule has 0 saturated carbocycles. The quantitative estimate of drug-likeness (QED) is 0.289. The van der Waals surface area contributed by atoms with Crippen LogP contribution < -0.4 is 16.6 Å². The summed E-state index contributed by atoms with van der Waals surface area (Å²) in [5, 5.41) is 12.1. The molecular formula is C31H32N4O5. The van der Waals surface area contributed by atoms with Crippen LogP contribution in [0.5, 0.6) is 0 Å². The van der Waals surface area contributed by atoms with Crippen molar-refractivity contribution in [3.05, 3.63) is 123 Å². The fourth-order valence-corrected chi connectivity index (χ4v) is 4.86. The van der Waals surface area contributed by atoms with Crippen molar-refractivity contribution in [2.75, 3.05) is 11.1 Å². The highest BCUT2D eigenvalue weighted by molar-refractivity contribution is 6.04. The van der Waals surface area contributed by atoms with Gasteiger partial charge in [-0.3, -0.25) is 14.3 Å². The van der Waals surface area contributed by atoms with Crippen molar-refractivity contribution in [2.24, 2.45) is 7.05 Å². The minimum absolute atomic E-state index is 0.0410. The summed E-state index contributed by atoms with van der Waals surface area (Å²) in [6, 6.07) is 23.8. The number of nitrogen functional groups attached to an aromatic ring is 1. The van der Waals surface area contributed by atoms with Crippen LogP contribution in [0.3, 0.4) is 0 Å². The zero-order valence-corrected chi connectivity index (χ0v) is 22.4. The number of carbonyl (C=O) groups is 1. The second-order valence-electron chi connectivity index (χ2n) is 9.72. The van der Waals surface area contributed by atoms with Crippen molar-refractivity contribution in [3.63, 3.8) is 0 Å². The summed E-state index contributed by atoms with van der Waals surface area (Å²) in [5.74, 6) is -0.873. The first-order valence-corrected chi connectivity index (χ1v) is 13.0. The van der Waals surface area contributed by atoms with Crippen molar-refractivity contribution in [1.29, 1.82) is 0 Å². The number of nitrogens with two attached hydrogens (primary N) is 1. The fraction of sp³-hybridized carbons (Fsp3) is 0.226. The number of para-hydroxylation sites is 3. The molecule has 0 bridgehead atoms. The number of anilines is 2. The first-order chi connectivity index (χ1) is 19.4. The second kappa shape index (κ2) is 11.6. The Kier molecular flexibility index (Phi) is 7.86. The van der Waals surface area contributed by atoms with Gasteiger partial charge in [0.05, 0.1) is 30.3 Å². The zero-order valence-electron chi connectivity index (χ0n) is 22.4. The molecule has 3 aromatic carbocycles. The molecule has 0 fully saturated rings. The van der Waals surface area contributed by atoms with E-state index in [4.69, 9.17) is 15.2 Å². The number of aliphatic hydroxyl groups is 1. The summed E-state index contributed by atoms with van der Waals surface area (Å²) < 4.78 is 15.6. The van der Waals surface area contributed by atoms with Gasteiger partial charge in [-0.2, -0.15) is 0 Å². The summed E-state index contributed by atoms with van der Waals surface area (Å²) >= 11 is 0. The largest absolute Gasteiger partial charge is 0.459 e. The molecule has 9 heteroatoms. The normalized spacial score (nSPS) is 16.7. The highest BCUT2D eigenvalue weighted by Gasteiger charge is 2.33. The molecule has 4 aromatic rings. The van der Waals surface area contributed by atoms with E-state index in [9.17, 15) is 14.7 Å². The van der Waals surface area contributed by atoms with Crippen LogP contribution in [0.4, 0.5) is 11.4 Å². The predicted molar refractivity (Wildman–Crippen MR) is 153 cm³/mol. The third-order valence-electron chi connectivity index (χ3n) is 7.10. The number of aliphatic hydroxyl groups excluding tert-OH is 1. The average Bonchev–Trinajstić information content (AvgIpc) is 3.20. The number of hydrogen-bond acceptors (Lipinski definition) is 6. The van der Waals surface area contributed by atoms with E-state index in [-0.39, 0.29) is 24.5 Å². The molecule has 1 aliphatic rings. The van der Waals surface area contributed by atoms with Gasteiger partial charge < -0.3 is 25.6 Å². The summed E-state index contributed by atoms with van der Waals surface area (Å²) in [6.07, 6.45) is 1.24. The Balaban J connectivity index is 1.47.